The molecule has 114 valence electrons. The Labute approximate surface area is 133 Å². The quantitative estimate of drug-likeness (QED) is 0.492. The first-order valence-electron chi connectivity index (χ1n) is 7.15. The largest absolute Gasteiger partial charge is 0.408 e. The van der Waals surface area contributed by atoms with Crippen LogP contribution >= 0.6 is 15.9 Å². The molecule has 0 aliphatic carbocycles. The van der Waals surface area contributed by atoms with E-state index in [1.54, 1.807) is 0 Å². The SMILES string of the molecule is CC(C)(C)[C@@H](O[Si](C)(C)C(C)(C)C)c1cccc(Br)n1. The van der Waals surface area contributed by atoms with E-state index in [1.807, 2.05) is 12.1 Å². The molecular formula is C16H28BrNOSi. The van der Waals surface area contributed by atoms with Crippen LogP contribution in [0.25, 0.3) is 0 Å². The van der Waals surface area contributed by atoms with Gasteiger partial charge in [-0.2, -0.15) is 0 Å². The summed E-state index contributed by atoms with van der Waals surface area (Å²) in [6.07, 6.45) is 0.0147. The summed E-state index contributed by atoms with van der Waals surface area (Å²) < 4.78 is 7.53. The second-order valence-electron chi connectivity index (χ2n) is 8.01. The van der Waals surface area contributed by atoms with Crippen molar-refractivity contribution in [3.05, 3.63) is 28.5 Å². The van der Waals surface area contributed by atoms with Gasteiger partial charge < -0.3 is 4.43 Å². The van der Waals surface area contributed by atoms with Gasteiger partial charge in [-0.25, -0.2) is 4.98 Å². The van der Waals surface area contributed by atoms with E-state index in [0.717, 1.165) is 10.3 Å². The predicted molar refractivity (Wildman–Crippen MR) is 92.4 cm³/mol. The Hall–Kier alpha value is -0.193. The summed E-state index contributed by atoms with van der Waals surface area (Å²) in [5, 5.41) is 0.197. The van der Waals surface area contributed by atoms with Gasteiger partial charge in [0, 0.05) is 0 Å². The molecule has 1 rings (SSSR count). The lowest BCUT2D eigenvalue weighted by atomic mass is 9.87. The summed E-state index contributed by atoms with van der Waals surface area (Å²) >= 11 is 3.46. The lowest BCUT2D eigenvalue weighted by Crippen LogP contribution is -2.44. The number of hydrogen-bond donors (Lipinski definition) is 0. The van der Waals surface area contributed by atoms with Crippen LogP contribution in [0.15, 0.2) is 22.8 Å². The van der Waals surface area contributed by atoms with E-state index in [9.17, 15) is 0 Å². The molecule has 0 fully saturated rings. The van der Waals surface area contributed by atoms with Crippen LogP contribution in [0.1, 0.15) is 53.3 Å². The maximum Gasteiger partial charge on any atom is 0.193 e. The zero-order valence-corrected chi connectivity index (χ0v) is 16.6. The van der Waals surface area contributed by atoms with Gasteiger partial charge in [-0.05, 0) is 51.6 Å². The molecule has 0 N–H and O–H groups in total. The molecule has 0 bridgehead atoms. The Morgan fingerprint density at radius 1 is 1.10 bits per heavy atom. The Balaban J connectivity index is 3.17. The van der Waals surface area contributed by atoms with E-state index in [1.165, 1.54) is 0 Å². The highest BCUT2D eigenvalue weighted by Crippen LogP contribution is 2.44. The Morgan fingerprint density at radius 2 is 1.65 bits per heavy atom. The third-order valence-electron chi connectivity index (χ3n) is 4.01. The molecule has 0 spiro atoms. The van der Waals surface area contributed by atoms with Gasteiger partial charge in [0.1, 0.15) is 4.60 Å². The van der Waals surface area contributed by atoms with Gasteiger partial charge >= 0.3 is 0 Å². The van der Waals surface area contributed by atoms with Gasteiger partial charge in [0.05, 0.1) is 11.8 Å². The fourth-order valence-electron chi connectivity index (χ4n) is 1.72. The number of nitrogens with zero attached hydrogens (tertiary/aromatic N) is 1. The van der Waals surface area contributed by atoms with Gasteiger partial charge in [0.15, 0.2) is 8.32 Å². The smallest absolute Gasteiger partial charge is 0.193 e. The van der Waals surface area contributed by atoms with Crippen LogP contribution < -0.4 is 0 Å². The second-order valence-corrected chi connectivity index (χ2v) is 13.6. The summed E-state index contributed by atoms with van der Waals surface area (Å²) in [6, 6.07) is 6.05. The van der Waals surface area contributed by atoms with Crippen molar-refractivity contribution < 1.29 is 4.43 Å². The molecule has 0 saturated heterocycles. The highest BCUT2D eigenvalue weighted by atomic mass is 79.9. The standard InChI is InChI=1S/C16H28BrNOSi/c1-15(2,3)14(12-10-9-11-13(17)18-12)19-20(7,8)16(4,5)6/h9-11,14H,1-8H3/t14-/m0/s1. The molecule has 0 aliphatic rings. The monoisotopic (exact) mass is 357 g/mol. The van der Waals surface area contributed by atoms with E-state index < -0.39 is 8.32 Å². The summed E-state index contributed by atoms with van der Waals surface area (Å²) in [5.74, 6) is 0. The molecule has 0 amide bonds. The Bertz CT molecular complexity index is 460. The molecule has 0 aromatic carbocycles. The number of pyridine rings is 1. The Morgan fingerprint density at radius 3 is 2.05 bits per heavy atom. The molecule has 20 heavy (non-hydrogen) atoms. The van der Waals surface area contributed by atoms with Crippen molar-refractivity contribution in [3.8, 4) is 0 Å². The molecule has 0 radical (unpaired) electrons. The van der Waals surface area contributed by atoms with Crippen molar-refractivity contribution in [3.63, 3.8) is 0 Å². The second kappa shape index (κ2) is 5.89. The first-order chi connectivity index (χ1) is 8.84. The number of hydrogen-bond acceptors (Lipinski definition) is 2. The molecule has 1 heterocycles. The van der Waals surface area contributed by atoms with Gasteiger partial charge in [-0.15, -0.1) is 0 Å². The predicted octanol–water partition coefficient (Wildman–Crippen LogP) is 5.95. The van der Waals surface area contributed by atoms with Crippen LogP contribution in [-0.4, -0.2) is 13.3 Å². The van der Waals surface area contributed by atoms with Crippen LogP contribution in [0.3, 0.4) is 0 Å². The van der Waals surface area contributed by atoms with Crippen LogP contribution in [-0.2, 0) is 4.43 Å². The molecule has 1 aromatic rings. The van der Waals surface area contributed by atoms with Crippen molar-refractivity contribution in [1.82, 2.24) is 4.98 Å². The zero-order chi connectivity index (χ0) is 15.8. The van der Waals surface area contributed by atoms with E-state index in [0.29, 0.717) is 0 Å². The molecule has 4 heteroatoms. The fraction of sp³-hybridized carbons (Fsp3) is 0.688. The van der Waals surface area contributed by atoms with Crippen molar-refractivity contribution in [2.24, 2.45) is 5.41 Å². The first-order valence-corrected chi connectivity index (χ1v) is 10.8. The third kappa shape index (κ3) is 4.40. The molecule has 1 aromatic heterocycles. The van der Waals surface area contributed by atoms with E-state index >= 15 is 0 Å². The van der Waals surface area contributed by atoms with E-state index in [2.05, 4.69) is 81.6 Å². The van der Waals surface area contributed by atoms with Crippen LogP contribution in [0.4, 0.5) is 0 Å². The highest BCUT2D eigenvalue weighted by Gasteiger charge is 2.42. The number of aromatic nitrogens is 1. The number of rotatable bonds is 3. The van der Waals surface area contributed by atoms with E-state index in [4.69, 9.17) is 4.43 Å². The van der Waals surface area contributed by atoms with Gasteiger partial charge in [0.25, 0.3) is 0 Å². The highest BCUT2D eigenvalue weighted by molar-refractivity contribution is 9.10. The van der Waals surface area contributed by atoms with Crippen LogP contribution in [0.5, 0.6) is 0 Å². The first kappa shape index (κ1) is 17.9. The molecular weight excluding hydrogens is 330 g/mol. The normalized spacial score (nSPS) is 15.2. The van der Waals surface area contributed by atoms with Crippen molar-refractivity contribution in [1.29, 1.82) is 0 Å². The third-order valence-corrected chi connectivity index (χ3v) is 8.89. The number of halogens is 1. The Kier molecular flexibility index (Phi) is 5.26. The average Bonchev–Trinajstić information content (AvgIpc) is 2.22. The minimum Gasteiger partial charge on any atom is -0.408 e. The molecule has 0 aliphatic heterocycles. The average molecular weight is 358 g/mol. The van der Waals surface area contributed by atoms with Gasteiger partial charge in [-0.3, -0.25) is 0 Å². The summed E-state index contributed by atoms with van der Waals surface area (Å²) in [4.78, 5) is 4.62. The lowest BCUT2D eigenvalue weighted by molar-refractivity contribution is 0.0689. The van der Waals surface area contributed by atoms with E-state index in [-0.39, 0.29) is 16.6 Å². The van der Waals surface area contributed by atoms with Crippen LogP contribution in [0.2, 0.25) is 18.1 Å². The zero-order valence-electron chi connectivity index (χ0n) is 14.0. The molecule has 2 nitrogen and oxygen atoms in total. The molecule has 1 atom stereocenters. The maximum absolute atomic E-state index is 6.66. The van der Waals surface area contributed by atoms with Gasteiger partial charge in [-0.1, -0.05) is 47.6 Å². The lowest BCUT2D eigenvalue weighted by Gasteiger charge is -2.43. The molecule has 0 unspecified atom stereocenters. The minimum absolute atomic E-state index is 0.0147. The topological polar surface area (TPSA) is 22.1 Å². The minimum atomic E-state index is -1.83. The van der Waals surface area contributed by atoms with Gasteiger partial charge in [0.2, 0.25) is 0 Å². The maximum atomic E-state index is 6.66. The van der Waals surface area contributed by atoms with Crippen molar-refractivity contribution in [2.45, 2.75) is 65.8 Å². The summed E-state index contributed by atoms with van der Waals surface area (Å²) in [7, 11) is -1.83. The van der Waals surface area contributed by atoms with Crippen LogP contribution in [0, 0.1) is 5.41 Å². The van der Waals surface area contributed by atoms with Crippen molar-refractivity contribution in [2.75, 3.05) is 0 Å². The summed E-state index contributed by atoms with van der Waals surface area (Å²) in [5.41, 5.74) is 1.03. The van der Waals surface area contributed by atoms with Crippen molar-refractivity contribution >= 4 is 24.2 Å². The molecule has 0 saturated carbocycles. The summed E-state index contributed by atoms with van der Waals surface area (Å²) in [6.45, 7) is 18.1. The fourth-order valence-corrected chi connectivity index (χ4v) is 3.50.